The lowest BCUT2D eigenvalue weighted by Gasteiger charge is -2.16. The second-order valence-corrected chi connectivity index (χ2v) is 6.23. The summed E-state index contributed by atoms with van der Waals surface area (Å²) in [5.74, 6) is 1.46. The van der Waals surface area contributed by atoms with E-state index in [-0.39, 0.29) is 6.61 Å². The molecule has 0 atom stereocenters. The Hall–Kier alpha value is -0.780. The number of aliphatic hydroxyl groups is 1. The van der Waals surface area contributed by atoms with Crippen molar-refractivity contribution in [3.05, 3.63) is 22.2 Å². The van der Waals surface area contributed by atoms with Crippen LogP contribution in [-0.2, 0) is 6.54 Å². The molecule has 1 saturated carbocycles. The summed E-state index contributed by atoms with van der Waals surface area (Å²) < 4.78 is 11.6. The maximum atomic E-state index is 9.06. The van der Waals surface area contributed by atoms with E-state index in [2.05, 4.69) is 21.2 Å². The zero-order chi connectivity index (χ0) is 14.6. The van der Waals surface area contributed by atoms with Gasteiger partial charge in [0.05, 0.1) is 14.2 Å². The molecule has 1 aliphatic carbocycles. The van der Waals surface area contributed by atoms with Crippen LogP contribution in [0.5, 0.6) is 11.5 Å². The lowest BCUT2D eigenvalue weighted by Crippen LogP contribution is -2.24. The zero-order valence-electron chi connectivity index (χ0n) is 12.0. The minimum absolute atomic E-state index is 0.279. The second kappa shape index (κ2) is 6.78. The Morgan fingerprint density at radius 1 is 1.25 bits per heavy atom. The quantitative estimate of drug-likeness (QED) is 0.761. The van der Waals surface area contributed by atoms with Gasteiger partial charge in [-0.05, 0) is 42.4 Å². The minimum Gasteiger partial charge on any atom is -0.493 e. The van der Waals surface area contributed by atoms with Gasteiger partial charge in [-0.25, -0.2) is 0 Å². The molecule has 0 amide bonds. The predicted octanol–water partition coefficient (Wildman–Crippen LogP) is 2.72. The largest absolute Gasteiger partial charge is 0.493 e. The fraction of sp³-hybridized carbons (Fsp3) is 0.600. The highest BCUT2D eigenvalue weighted by Gasteiger charge is 2.41. The number of hydrogen-bond acceptors (Lipinski definition) is 4. The van der Waals surface area contributed by atoms with E-state index in [0.29, 0.717) is 5.41 Å². The first-order valence-electron chi connectivity index (χ1n) is 6.86. The molecule has 1 fully saturated rings. The van der Waals surface area contributed by atoms with Crippen LogP contribution in [0.25, 0.3) is 0 Å². The third-order valence-corrected chi connectivity index (χ3v) is 4.71. The predicted molar refractivity (Wildman–Crippen MR) is 82.3 cm³/mol. The van der Waals surface area contributed by atoms with Crippen LogP contribution in [-0.4, -0.2) is 32.5 Å². The zero-order valence-corrected chi connectivity index (χ0v) is 13.6. The summed E-state index contributed by atoms with van der Waals surface area (Å²) in [6, 6.07) is 3.91. The summed E-state index contributed by atoms with van der Waals surface area (Å²) in [7, 11) is 3.28. The van der Waals surface area contributed by atoms with Crippen LogP contribution < -0.4 is 14.8 Å². The molecule has 0 aromatic heterocycles. The van der Waals surface area contributed by atoms with Crippen molar-refractivity contribution in [1.82, 2.24) is 5.32 Å². The van der Waals surface area contributed by atoms with Gasteiger partial charge in [0.15, 0.2) is 11.5 Å². The van der Waals surface area contributed by atoms with Gasteiger partial charge in [0.1, 0.15) is 0 Å². The molecule has 4 nitrogen and oxygen atoms in total. The Kier molecular flexibility index (Phi) is 5.29. The normalized spacial score (nSPS) is 16.0. The molecular formula is C15H22BrNO3. The summed E-state index contributed by atoms with van der Waals surface area (Å²) in [5.41, 5.74) is 1.47. The number of benzene rings is 1. The van der Waals surface area contributed by atoms with Crippen molar-refractivity contribution in [3.8, 4) is 11.5 Å². The van der Waals surface area contributed by atoms with Crippen molar-refractivity contribution in [2.24, 2.45) is 5.41 Å². The molecular weight excluding hydrogens is 322 g/mol. The number of aliphatic hydroxyl groups excluding tert-OH is 1. The highest BCUT2D eigenvalue weighted by molar-refractivity contribution is 9.10. The molecule has 2 N–H and O–H groups in total. The van der Waals surface area contributed by atoms with E-state index in [1.807, 2.05) is 12.1 Å². The summed E-state index contributed by atoms with van der Waals surface area (Å²) in [6.45, 7) is 2.00. The standard InChI is InChI=1S/C15H22BrNO3/c1-19-13-7-11(12(16)8-14(13)20-2)9-17-10-15(3-4-15)5-6-18/h7-8,17-18H,3-6,9-10H2,1-2H3. The Labute approximate surface area is 128 Å². The number of halogens is 1. The number of rotatable bonds is 8. The average Bonchev–Trinajstić information content (AvgIpc) is 3.20. The van der Waals surface area contributed by atoms with Gasteiger partial charge in [0.2, 0.25) is 0 Å². The van der Waals surface area contributed by atoms with Crippen LogP contribution >= 0.6 is 15.9 Å². The van der Waals surface area contributed by atoms with Gasteiger partial charge in [-0.1, -0.05) is 15.9 Å². The average molecular weight is 344 g/mol. The topological polar surface area (TPSA) is 50.7 Å². The number of ether oxygens (including phenoxy) is 2. The molecule has 2 rings (SSSR count). The van der Waals surface area contributed by atoms with Crippen LogP contribution in [0.2, 0.25) is 0 Å². The van der Waals surface area contributed by atoms with Crippen LogP contribution in [0.3, 0.4) is 0 Å². The maximum Gasteiger partial charge on any atom is 0.161 e. The van der Waals surface area contributed by atoms with Crippen molar-refractivity contribution in [2.45, 2.75) is 25.8 Å². The van der Waals surface area contributed by atoms with Crippen molar-refractivity contribution in [2.75, 3.05) is 27.4 Å². The van der Waals surface area contributed by atoms with E-state index in [4.69, 9.17) is 14.6 Å². The molecule has 20 heavy (non-hydrogen) atoms. The highest BCUT2D eigenvalue weighted by atomic mass is 79.9. The van der Waals surface area contributed by atoms with Crippen LogP contribution in [0.15, 0.2) is 16.6 Å². The van der Waals surface area contributed by atoms with E-state index < -0.39 is 0 Å². The van der Waals surface area contributed by atoms with Gasteiger partial charge >= 0.3 is 0 Å². The molecule has 1 aromatic carbocycles. The molecule has 0 aliphatic heterocycles. The van der Waals surface area contributed by atoms with E-state index in [1.165, 1.54) is 12.8 Å². The summed E-state index contributed by atoms with van der Waals surface area (Å²) in [4.78, 5) is 0. The van der Waals surface area contributed by atoms with Gasteiger partial charge in [0, 0.05) is 24.2 Å². The first-order chi connectivity index (χ1) is 9.64. The van der Waals surface area contributed by atoms with Crippen LogP contribution in [0.1, 0.15) is 24.8 Å². The van der Waals surface area contributed by atoms with E-state index in [9.17, 15) is 0 Å². The molecule has 5 heteroatoms. The molecule has 0 bridgehead atoms. The monoisotopic (exact) mass is 343 g/mol. The molecule has 1 aromatic rings. The van der Waals surface area contributed by atoms with E-state index >= 15 is 0 Å². The van der Waals surface area contributed by atoms with Gasteiger partial charge in [-0.15, -0.1) is 0 Å². The fourth-order valence-corrected chi connectivity index (χ4v) is 2.89. The molecule has 0 spiro atoms. The molecule has 1 aliphatic rings. The lowest BCUT2D eigenvalue weighted by molar-refractivity contribution is 0.245. The first kappa shape index (κ1) is 15.6. The van der Waals surface area contributed by atoms with E-state index in [1.54, 1.807) is 14.2 Å². The van der Waals surface area contributed by atoms with Gasteiger partial charge in [-0.2, -0.15) is 0 Å². The Balaban J connectivity index is 1.95. The van der Waals surface area contributed by atoms with Crippen molar-refractivity contribution < 1.29 is 14.6 Å². The molecule has 0 radical (unpaired) electrons. The fourth-order valence-electron chi connectivity index (χ4n) is 2.42. The van der Waals surface area contributed by atoms with Gasteiger partial charge in [-0.3, -0.25) is 0 Å². The number of methoxy groups -OCH3 is 2. The minimum atomic E-state index is 0.279. The number of hydrogen-bond donors (Lipinski definition) is 2. The van der Waals surface area contributed by atoms with Gasteiger partial charge in [0.25, 0.3) is 0 Å². The highest BCUT2D eigenvalue weighted by Crippen LogP contribution is 2.48. The third-order valence-electron chi connectivity index (χ3n) is 3.97. The summed E-state index contributed by atoms with van der Waals surface area (Å²) >= 11 is 3.56. The van der Waals surface area contributed by atoms with Crippen LogP contribution in [0, 0.1) is 5.41 Å². The smallest absolute Gasteiger partial charge is 0.161 e. The second-order valence-electron chi connectivity index (χ2n) is 5.38. The molecule has 112 valence electrons. The lowest BCUT2D eigenvalue weighted by atomic mass is 10.0. The summed E-state index contributed by atoms with van der Waals surface area (Å²) in [5, 5.41) is 12.5. The third kappa shape index (κ3) is 3.65. The van der Waals surface area contributed by atoms with Crippen molar-refractivity contribution in [3.63, 3.8) is 0 Å². The Morgan fingerprint density at radius 2 is 1.90 bits per heavy atom. The Morgan fingerprint density at radius 3 is 2.45 bits per heavy atom. The van der Waals surface area contributed by atoms with E-state index in [0.717, 1.165) is 41.0 Å². The van der Waals surface area contributed by atoms with Crippen molar-refractivity contribution in [1.29, 1.82) is 0 Å². The van der Waals surface area contributed by atoms with Gasteiger partial charge < -0.3 is 19.9 Å². The SMILES string of the molecule is COc1cc(Br)c(CNCC2(CCO)CC2)cc1OC. The summed E-state index contributed by atoms with van der Waals surface area (Å²) in [6.07, 6.45) is 3.33. The maximum absolute atomic E-state index is 9.06. The van der Waals surface area contributed by atoms with Crippen molar-refractivity contribution >= 4 is 15.9 Å². The molecule has 0 unspecified atom stereocenters. The van der Waals surface area contributed by atoms with Crippen LogP contribution in [0.4, 0.5) is 0 Å². The molecule has 0 heterocycles. The Bertz CT molecular complexity index is 461. The number of nitrogens with one attached hydrogen (secondary N) is 1. The molecule has 0 saturated heterocycles. The first-order valence-corrected chi connectivity index (χ1v) is 7.65.